The molecule has 0 aliphatic rings. The molecule has 0 fully saturated rings. The van der Waals surface area contributed by atoms with Crippen molar-refractivity contribution >= 4 is 60.1 Å². The van der Waals surface area contributed by atoms with E-state index < -0.39 is 0 Å². The molecule has 1 heterocycles. The largest absolute Gasteiger partial charge is 0.279 e. The van der Waals surface area contributed by atoms with Crippen LogP contribution in [0.3, 0.4) is 0 Å². The topological polar surface area (TPSA) is 33.2 Å². The summed E-state index contributed by atoms with van der Waals surface area (Å²) in [5.41, 5.74) is 3.51. The van der Waals surface area contributed by atoms with Crippen molar-refractivity contribution in [3.05, 3.63) is 92.9 Å². The average molecular weight is 472 g/mol. The fourth-order valence-corrected chi connectivity index (χ4v) is 4.75. The zero-order chi connectivity index (χ0) is 19.7. The number of halogens is 2. The summed E-state index contributed by atoms with van der Waals surface area (Å²) in [6.45, 7) is 2.43. The van der Waals surface area contributed by atoms with E-state index in [0.29, 0.717) is 22.3 Å². The molecule has 0 spiro atoms. The van der Waals surface area contributed by atoms with Gasteiger partial charge in [0.05, 0.1) is 27.3 Å². The van der Waals surface area contributed by atoms with Crippen LogP contribution in [0.15, 0.2) is 71.2 Å². The number of hydrogen-bond acceptors (Lipinski definition) is 3. The molecular formula is C22H16BrClN2OS. The van der Waals surface area contributed by atoms with E-state index in [1.165, 1.54) is 11.3 Å². The maximum absolute atomic E-state index is 13.4. The van der Waals surface area contributed by atoms with E-state index in [9.17, 15) is 4.79 Å². The first kappa shape index (κ1) is 19.1. The van der Waals surface area contributed by atoms with Crippen molar-refractivity contribution in [2.24, 2.45) is 0 Å². The van der Waals surface area contributed by atoms with Gasteiger partial charge in [0.15, 0.2) is 5.13 Å². The van der Waals surface area contributed by atoms with Crippen molar-refractivity contribution in [3.8, 4) is 0 Å². The van der Waals surface area contributed by atoms with Gasteiger partial charge in [0.2, 0.25) is 0 Å². The van der Waals surface area contributed by atoms with Crippen molar-refractivity contribution in [2.45, 2.75) is 13.5 Å². The van der Waals surface area contributed by atoms with Gasteiger partial charge in [0, 0.05) is 4.47 Å². The van der Waals surface area contributed by atoms with E-state index in [1.54, 1.807) is 4.90 Å². The van der Waals surface area contributed by atoms with E-state index in [0.717, 1.165) is 25.8 Å². The van der Waals surface area contributed by atoms with E-state index in [2.05, 4.69) is 15.9 Å². The van der Waals surface area contributed by atoms with Crippen molar-refractivity contribution in [1.29, 1.82) is 0 Å². The van der Waals surface area contributed by atoms with Crippen LogP contribution in [-0.2, 0) is 6.54 Å². The van der Waals surface area contributed by atoms with E-state index in [-0.39, 0.29) is 5.91 Å². The standard InChI is InChI=1S/C22H16BrClN2OS/c1-14-11-12-18(24)20-19(14)25-22(28-20)26(13-15-7-3-2-4-8-15)21(27)16-9-5-6-10-17(16)23/h2-12H,13H2,1H3. The van der Waals surface area contributed by atoms with Crippen LogP contribution in [0.1, 0.15) is 21.5 Å². The number of rotatable bonds is 4. The van der Waals surface area contributed by atoms with Crippen molar-refractivity contribution in [1.82, 2.24) is 4.98 Å². The first-order valence-electron chi connectivity index (χ1n) is 8.70. The molecule has 4 rings (SSSR count). The van der Waals surface area contributed by atoms with Gasteiger partial charge in [-0.2, -0.15) is 0 Å². The minimum absolute atomic E-state index is 0.107. The second-order valence-corrected chi connectivity index (χ2v) is 8.63. The number of nitrogens with zero attached hydrogens (tertiary/aromatic N) is 2. The molecule has 28 heavy (non-hydrogen) atoms. The Kier molecular flexibility index (Phi) is 5.49. The summed E-state index contributed by atoms with van der Waals surface area (Å²) in [7, 11) is 0. The highest BCUT2D eigenvalue weighted by Crippen LogP contribution is 2.37. The summed E-state index contributed by atoms with van der Waals surface area (Å²) in [6, 6.07) is 21.2. The normalized spacial score (nSPS) is 11.0. The van der Waals surface area contributed by atoms with Crippen molar-refractivity contribution in [2.75, 3.05) is 4.90 Å². The molecule has 0 saturated carbocycles. The van der Waals surface area contributed by atoms with Gasteiger partial charge in [0.25, 0.3) is 5.91 Å². The van der Waals surface area contributed by atoms with E-state index >= 15 is 0 Å². The van der Waals surface area contributed by atoms with E-state index in [1.807, 2.05) is 73.7 Å². The monoisotopic (exact) mass is 470 g/mol. The number of aryl methyl sites for hydroxylation is 1. The third-order valence-electron chi connectivity index (χ3n) is 4.45. The first-order chi connectivity index (χ1) is 13.5. The molecular weight excluding hydrogens is 456 g/mol. The highest BCUT2D eigenvalue weighted by Gasteiger charge is 2.24. The second-order valence-electron chi connectivity index (χ2n) is 6.40. The molecule has 0 saturated heterocycles. The quantitative estimate of drug-likeness (QED) is 0.325. The van der Waals surface area contributed by atoms with Crippen LogP contribution in [0.2, 0.25) is 5.02 Å². The minimum Gasteiger partial charge on any atom is -0.279 e. The number of carbonyl (C=O) groups excluding carboxylic acids is 1. The van der Waals surface area contributed by atoms with Crippen LogP contribution in [0.4, 0.5) is 5.13 Å². The Morgan fingerprint density at radius 3 is 2.50 bits per heavy atom. The minimum atomic E-state index is -0.107. The van der Waals surface area contributed by atoms with Gasteiger partial charge in [-0.15, -0.1) is 0 Å². The number of amides is 1. The maximum Gasteiger partial charge on any atom is 0.261 e. The number of carbonyl (C=O) groups is 1. The van der Waals surface area contributed by atoms with Gasteiger partial charge in [-0.3, -0.25) is 9.69 Å². The molecule has 0 aliphatic heterocycles. The number of anilines is 1. The Bertz CT molecular complexity index is 1120. The predicted molar refractivity (Wildman–Crippen MR) is 120 cm³/mol. The molecule has 0 bridgehead atoms. The van der Waals surface area contributed by atoms with Gasteiger partial charge in [-0.25, -0.2) is 4.98 Å². The van der Waals surface area contributed by atoms with Gasteiger partial charge in [-0.05, 0) is 52.2 Å². The summed E-state index contributed by atoms with van der Waals surface area (Å²) in [5, 5.41) is 1.29. The molecule has 4 aromatic rings. The molecule has 3 nitrogen and oxygen atoms in total. The van der Waals surface area contributed by atoms with Crippen LogP contribution in [0.5, 0.6) is 0 Å². The molecule has 3 aromatic carbocycles. The van der Waals surface area contributed by atoms with Gasteiger partial charge >= 0.3 is 0 Å². The number of fused-ring (bicyclic) bond motifs is 1. The van der Waals surface area contributed by atoms with Crippen LogP contribution >= 0.6 is 38.9 Å². The fraction of sp³-hybridized carbons (Fsp3) is 0.0909. The van der Waals surface area contributed by atoms with Crippen LogP contribution < -0.4 is 4.90 Å². The van der Waals surface area contributed by atoms with Crippen LogP contribution in [-0.4, -0.2) is 10.9 Å². The summed E-state index contributed by atoms with van der Waals surface area (Å²) >= 11 is 11.3. The molecule has 0 unspecified atom stereocenters. The zero-order valence-corrected chi connectivity index (χ0v) is 18.2. The Balaban J connectivity index is 1.83. The smallest absolute Gasteiger partial charge is 0.261 e. The number of aromatic nitrogens is 1. The summed E-state index contributed by atoms with van der Waals surface area (Å²) in [6.07, 6.45) is 0. The van der Waals surface area contributed by atoms with Crippen LogP contribution in [0.25, 0.3) is 10.2 Å². The molecule has 0 aliphatic carbocycles. The summed E-state index contributed by atoms with van der Waals surface area (Å²) in [4.78, 5) is 19.9. The molecule has 0 radical (unpaired) electrons. The van der Waals surface area contributed by atoms with E-state index in [4.69, 9.17) is 16.6 Å². The predicted octanol–water partition coefficient (Wildman–Crippen LogP) is 6.87. The Hall–Kier alpha value is -2.21. The lowest BCUT2D eigenvalue weighted by Gasteiger charge is -2.20. The lowest BCUT2D eigenvalue weighted by Crippen LogP contribution is -2.30. The fourth-order valence-electron chi connectivity index (χ4n) is 2.98. The first-order valence-corrected chi connectivity index (χ1v) is 10.7. The number of benzene rings is 3. The summed E-state index contributed by atoms with van der Waals surface area (Å²) < 4.78 is 1.66. The molecule has 1 amide bonds. The highest BCUT2D eigenvalue weighted by atomic mass is 79.9. The average Bonchev–Trinajstić information content (AvgIpc) is 3.16. The molecule has 0 N–H and O–H groups in total. The van der Waals surface area contributed by atoms with Gasteiger partial charge in [0.1, 0.15) is 0 Å². The lowest BCUT2D eigenvalue weighted by atomic mass is 10.1. The Morgan fingerprint density at radius 2 is 1.79 bits per heavy atom. The Labute approximate surface area is 180 Å². The van der Waals surface area contributed by atoms with Gasteiger partial charge < -0.3 is 0 Å². The molecule has 140 valence electrons. The molecule has 1 aromatic heterocycles. The molecule has 0 atom stereocenters. The Morgan fingerprint density at radius 1 is 1.07 bits per heavy atom. The SMILES string of the molecule is Cc1ccc(Cl)c2sc(N(Cc3ccccc3)C(=O)c3ccccc3Br)nc12. The highest BCUT2D eigenvalue weighted by molar-refractivity contribution is 9.10. The third kappa shape index (κ3) is 3.70. The lowest BCUT2D eigenvalue weighted by molar-refractivity contribution is 0.0984. The van der Waals surface area contributed by atoms with Gasteiger partial charge in [-0.1, -0.05) is 71.5 Å². The zero-order valence-electron chi connectivity index (χ0n) is 15.0. The van der Waals surface area contributed by atoms with Crippen LogP contribution in [0, 0.1) is 6.92 Å². The second kappa shape index (κ2) is 8.03. The number of hydrogen-bond donors (Lipinski definition) is 0. The number of thiazole rings is 1. The third-order valence-corrected chi connectivity index (χ3v) is 6.68. The summed E-state index contributed by atoms with van der Waals surface area (Å²) in [5.74, 6) is -0.107. The molecule has 6 heteroatoms. The van der Waals surface area contributed by atoms with Crippen molar-refractivity contribution in [3.63, 3.8) is 0 Å². The van der Waals surface area contributed by atoms with Crippen molar-refractivity contribution < 1.29 is 4.79 Å². The maximum atomic E-state index is 13.4.